The molecule has 0 aromatic heterocycles. The molecule has 6 N–H and O–H groups in total. The molecule has 0 aliphatic carbocycles. The Bertz CT molecular complexity index is 777. The molecular weight excluding hydrogens is 821 g/mol. The minimum atomic E-state index is -0.699. The third-order valence-electron chi connectivity index (χ3n) is 14.1. The second-order valence-corrected chi connectivity index (χ2v) is 20.7. The van der Waals surface area contributed by atoms with Crippen LogP contribution in [0.5, 0.6) is 0 Å². The van der Waals surface area contributed by atoms with E-state index in [0.717, 1.165) is 5.57 Å². The van der Waals surface area contributed by atoms with Crippen LogP contribution < -0.4 is 0 Å². The summed E-state index contributed by atoms with van der Waals surface area (Å²) in [6, 6.07) is 0. The largest absolute Gasteiger partial charge is 0.412 e. The van der Waals surface area contributed by atoms with Gasteiger partial charge in [0.05, 0.1) is 5.60 Å². The fraction of sp³-hybridized carbons (Fsp3) is 0.966. The third kappa shape index (κ3) is 50.2. The van der Waals surface area contributed by atoms with Gasteiger partial charge in [0.1, 0.15) is 0 Å². The summed E-state index contributed by atoms with van der Waals surface area (Å²) in [5.74, 6) is 0.756. The van der Waals surface area contributed by atoms with E-state index in [-0.39, 0.29) is 38.8 Å². The predicted molar refractivity (Wildman–Crippen MR) is 286 cm³/mol. The summed E-state index contributed by atoms with van der Waals surface area (Å²) < 4.78 is 0. The normalized spacial score (nSPS) is 13.0. The van der Waals surface area contributed by atoms with E-state index in [9.17, 15) is 5.11 Å². The Morgan fingerprint density at radius 1 is 0.344 bits per heavy atom. The molecule has 0 rings (SSSR count). The van der Waals surface area contributed by atoms with Crippen LogP contribution in [0.2, 0.25) is 0 Å². The van der Waals surface area contributed by atoms with E-state index in [1.54, 1.807) is 13.8 Å². The molecule has 2 unspecified atom stereocenters. The van der Waals surface area contributed by atoms with Gasteiger partial charge < -0.3 is 21.2 Å². The van der Waals surface area contributed by atoms with Gasteiger partial charge in [-0.1, -0.05) is 304 Å². The monoisotopic (exact) mass is 945 g/mol. The molecule has 0 saturated carbocycles. The first-order valence-electron chi connectivity index (χ1n) is 28.8. The fourth-order valence-corrected chi connectivity index (χ4v) is 10.1. The predicted octanol–water partition coefficient (Wildman–Crippen LogP) is 19.3. The zero-order valence-corrected chi connectivity index (χ0v) is 46.9. The van der Waals surface area contributed by atoms with Gasteiger partial charge in [0.2, 0.25) is 0 Å². The van der Waals surface area contributed by atoms with Crippen molar-refractivity contribution < 1.29 is 42.9 Å². The number of aliphatic hydroxyl groups is 2. The fourth-order valence-electron chi connectivity index (χ4n) is 10.1. The van der Waals surface area contributed by atoms with E-state index in [0.29, 0.717) is 11.8 Å². The van der Waals surface area contributed by atoms with Gasteiger partial charge in [-0.05, 0) is 63.9 Å². The Morgan fingerprint density at radius 3 is 0.594 bits per heavy atom. The van der Waals surface area contributed by atoms with Crippen molar-refractivity contribution in [2.45, 2.75) is 356 Å². The van der Waals surface area contributed by atoms with Gasteiger partial charge in [-0.2, -0.15) is 0 Å². The van der Waals surface area contributed by atoms with Gasteiger partial charge in [0.25, 0.3) is 0 Å². The molecule has 4 nitrogen and oxygen atoms in total. The zero-order chi connectivity index (χ0) is 45.3. The van der Waals surface area contributed by atoms with Crippen LogP contribution in [0.25, 0.3) is 0 Å². The Morgan fingerprint density at radius 2 is 0.469 bits per heavy atom. The summed E-state index contributed by atoms with van der Waals surface area (Å²) >= 11 is 0. The van der Waals surface area contributed by atoms with E-state index in [1.165, 1.54) is 295 Å². The number of hydrogen-bond donors (Lipinski definition) is 2. The Balaban J connectivity index is -0.00000158. The van der Waals surface area contributed by atoms with Crippen LogP contribution in [-0.4, -0.2) is 32.9 Å². The Kier molecular flexibility index (Phi) is 68.0. The standard InChI is InChI=1S/C56H112O.C3H8O.2H2O.Ti/c1-7-11-15-19-23-27-31-35-39-43-47-51-54(49-45-41-37-33-29-25-21-17-13-9-3)56(57,53(5)6)55(50-46-42-38-34-30-26-22-18-14-10-4)52-48-44-40-36-32-28-24-20-16-12-8-2;1-3(2)4;;;/h54-55,57H,5,7-52H2,1-4,6H3;3-4H,1-2H3;2*1H2;. The molecule has 0 amide bonds. The molecule has 5 heteroatoms. The minimum absolute atomic E-state index is 0. The van der Waals surface area contributed by atoms with Gasteiger partial charge in [-0.15, -0.1) is 0 Å². The van der Waals surface area contributed by atoms with Crippen LogP contribution >= 0.6 is 0 Å². The molecule has 0 aliphatic rings. The quantitative estimate of drug-likeness (QED) is 0.0360. The first-order chi connectivity index (χ1) is 29.7. The van der Waals surface area contributed by atoms with Crippen molar-refractivity contribution in [3.8, 4) is 0 Å². The molecule has 0 aromatic rings. The molecule has 0 fully saturated rings. The molecule has 0 heterocycles. The van der Waals surface area contributed by atoms with Gasteiger partial charge >= 0.3 is 0 Å². The molecule has 0 aromatic carbocycles. The number of unbranched alkanes of at least 4 members (excludes halogenated alkanes) is 38. The van der Waals surface area contributed by atoms with Crippen LogP contribution in [0.3, 0.4) is 0 Å². The summed E-state index contributed by atoms with van der Waals surface area (Å²) in [5.41, 5.74) is 0.387. The molecule has 0 bridgehead atoms. The van der Waals surface area contributed by atoms with Crippen molar-refractivity contribution in [2.75, 3.05) is 0 Å². The van der Waals surface area contributed by atoms with Gasteiger partial charge in [-0.3, -0.25) is 0 Å². The molecule has 388 valence electrons. The third-order valence-corrected chi connectivity index (χ3v) is 14.1. The molecule has 0 aliphatic heterocycles. The van der Waals surface area contributed by atoms with Crippen molar-refractivity contribution in [1.82, 2.24) is 0 Å². The maximum Gasteiger partial charge on any atom is 0.0907 e. The van der Waals surface area contributed by atoms with E-state index in [1.807, 2.05) is 0 Å². The molecule has 0 radical (unpaired) electrons. The van der Waals surface area contributed by atoms with E-state index in [2.05, 4.69) is 41.2 Å². The smallest absolute Gasteiger partial charge is 0.0907 e. The molecule has 0 saturated heterocycles. The van der Waals surface area contributed by atoms with Crippen LogP contribution in [0.4, 0.5) is 0 Å². The van der Waals surface area contributed by atoms with E-state index in [4.69, 9.17) is 5.11 Å². The van der Waals surface area contributed by atoms with Gasteiger partial charge in [0, 0.05) is 27.8 Å². The van der Waals surface area contributed by atoms with Crippen LogP contribution in [-0.2, 0) is 21.7 Å². The molecule has 2 atom stereocenters. The molecular formula is C59H124O4Ti. The summed E-state index contributed by atoms with van der Waals surface area (Å²) in [5, 5.41) is 21.2. The minimum Gasteiger partial charge on any atom is -0.412 e. The van der Waals surface area contributed by atoms with Crippen molar-refractivity contribution in [3.05, 3.63) is 12.2 Å². The second kappa shape index (κ2) is 59.4. The summed E-state index contributed by atoms with van der Waals surface area (Å²) in [4.78, 5) is 0. The van der Waals surface area contributed by atoms with Crippen molar-refractivity contribution in [1.29, 1.82) is 0 Å². The zero-order valence-electron chi connectivity index (χ0n) is 45.4. The van der Waals surface area contributed by atoms with Crippen LogP contribution in [0.1, 0.15) is 344 Å². The SMILES string of the molecule is C=C(C)C(O)(C(CCCCCCCCCCCC)CCCCCCCCCCCCC)C(CCCCCCCCCCCC)CCCCCCCCCCCCC.CC(C)O.O.O.[Ti]. The Hall–Kier alpha value is 0.294. The number of hydrogen-bond acceptors (Lipinski definition) is 2. The van der Waals surface area contributed by atoms with E-state index < -0.39 is 5.60 Å². The van der Waals surface area contributed by atoms with Crippen molar-refractivity contribution in [2.24, 2.45) is 11.8 Å². The van der Waals surface area contributed by atoms with Gasteiger partial charge in [-0.25, -0.2) is 0 Å². The summed E-state index contributed by atoms with van der Waals surface area (Å²) in [7, 11) is 0. The first-order valence-corrected chi connectivity index (χ1v) is 28.8. The first kappa shape index (κ1) is 73.3. The van der Waals surface area contributed by atoms with Crippen molar-refractivity contribution in [3.63, 3.8) is 0 Å². The average Bonchev–Trinajstić information content (AvgIpc) is 3.23. The summed E-state index contributed by atoms with van der Waals surface area (Å²) in [6.07, 6.45) is 63.1. The van der Waals surface area contributed by atoms with Gasteiger partial charge in [0.15, 0.2) is 0 Å². The second-order valence-electron chi connectivity index (χ2n) is 20.7. The number of aliphatic hydroxyl groups excluding tert-OH is 1. The van der Waals surface area contributed by atoms with Crippen LogP contribution in [0.15, 0.2) is 12.2 Å². The topological polar surface area (TPSA) is 103 Å². The average molecular weight is 946 g/mol. The Labute approximate surface area is 420 Å². The van der Waals surface area contributed by atoms with E-state index >= 15 is 0 Å². The molecule has 0 spiro atoms. The summed E-state index contributed by atoms with van der Waals surface area (Å²) in [6.45, 7) is 19.5. The van der Waals surface area contributed by atoms with Crippen LogP contribution in [0, 0.1) is 11.8 Å². The maximum absolute atomic E-state index is 13.1. The maximum atomic E-state index is 13.1. The van der Waals surface area contributed by atoms with Crippen molar-refractivity contribution >= 4 is 0 Å². The number of rotatable bonds is 49. The molecule has 64 heavy (non-hydrogen) atoms.